The van der Waals surface area contributed by atoms with Crippen LogP contribution in [-0.2, 0) is 0 Å². The highest BCUT2D eigenvalue weighted by Crippen LogP contribution is 2.53. The van der Waals surface area contributed by atoms with Crippen molar-refractivity contribution >= 4 is 136 Å². The largest absolute Gasteiger partial charge is 0.440 e. The molecule has 0 saturated carbocycles. The van der Waals surface area contributed by atoms with Gasteiger partial charge in [-0.15, -0.1) is 0 Å². The third-order valence-electron chi connectivity index (χ3n) is 13.2. The van der Waals surface area contributed by atoms with E-state index in [1.165, 1.54) is 65.5 Å². The molecule has 0 aliphatic carbocycles. The second-order valence-electron chi connectivity index (χ2n) is 16.4. The van der Waals surface area contributed by atoms with Crippen molar-refractivity contribution in [2.75, 3.05) is 19.6 Å². The van der Waals surface area contributed by atoms with E-state index in [1.54, 1.807) is 0 Å². The van der Waals surface area contributed by atoms with Crippen LogP contribution in [-0.4, -0.2) is 13.4 Å². The topological polar surface area (TPSA) is 26.1 Å². The molecule has 0 fully saturated rings. The molecule has 10 aromatic rings. The van der Waals surface area contributed by atoms with Gasteiger partial charge in [0.25, 0.3) is 13.4 Å². The van der Waals surface area contributed by atoms with Crippen LogP contribution in [0.25, 0.3) is 11.0 Å². The molecule has 0 spiro atoms. The monoisotopic (exact) mass is 808 g/mol. The minimum absolute atomic E-state index is 0.00639. The Morgan fingerprint density at radius 1 is 0.339 bits per heavy atom. The van der Waals surface area contributed by atoms with Crippen LogP contribution in [0.4, 0.5) is 68.4 Å². The van der Waals surface area contributed by atoms with Gasteiger partial charge in [0.05, 0.1) is 11.4 Å². The lowest BCUT2D eigenvalue weighted by molar-refractivity contribution is 0.623. The predicted octanol–water partition coefficient (Wildman–Crippen LogP) is 10.7. The lowest BCUT2D eigenvalue weighted by atomic mass is 9.35. The van der Waals surface area contributed by atoms with E-state index in [4.69, 9.17) is 4.42 Å². The van der Waals surface area contributed by atoms with E-state index in [1.807, 2.05) is 11.3 Å². The van der Waals surface area contributed by atoms with Gasteiger partial charge in [-0.2, -0.15) is 11.3 Å². The molecule has 0 amide bonds. The van der Waals surface area contributed by atoms with Crippen molar-refractivity contribution < 1.29 is 4.42 Å². The summed E-state index contributed by atoms with van der Waals surface area (Å²) in [6.45, 7) is -0.0988. The predicted molar refractivity (Wildman–Crippen MR) is 262 cm³/mol. The maximum Gasteiger partial charge on any atom is 0.269 e. The standard InChI is InChI=1S/C54H34B2N4OS/c1-5-19-35(20-6-1)57-41-29-15-14-28-40(41)55-48-42(57)30-17-31-43(48)58(36-21-7-2-8-22-36)50-51-53(62-52(50)55)56-47-39-27-13-16-34-46(39)61-54(47)60(38-25-11-4-12-26-38)45-33-18-32-44(49(45)56)59(51)37-23-9-3-10-24-37/h1-34H. The quantitative estimate of drug-likeness (QED) is 0.165. The van der Waals surface area contributed by atoms with Crippen molar-refractivity contribution in [3.05, 3.63) is 206 Å². The molecular weight excluding hydrogens is 774 g/mol. The molecule has 0 saturated heterocycles. The zero-order valence-electron chi connectivity index (χ0n) is 33.4. The Morgan fingerprint density at radius 2 is 0.758 bits per heavy atom. The molecule has 0 N–H and O–H groups in total. The van der Waals surface area contributed by atoms with Gasteiger partial charge in [0.15, 0.2) is 0 Å². The highest BCUT2D eigenvalue weighted by atomic mass is 32.1. The van der Waals surface area contributed by atoms with Crippen molar-refractivity contribution in [1.29, 1.82) is 0 Å². The van der Waals surface area contributed by atoms with Gasteiger partial charge in [-0.05, 0) is 101 Å². The number of para-hydroxylation sites is 6. The molecule has 288 valence electrons. The summed E-state index contributed by atoms with van der Waals surface area (Å²) in [7, 11) is 0. The van der Waals surface area contributed by atoms with E-state index in [9.17, 15) is 0 Å². The molecule has 2 aromatic heterocycles. The number of rotatable bonds is 4. The van der Waals surface area contributed by atoms with Crippen molar-refractivity contribution in [3.8, 4) is 0 Å². The van der Waals surface area contributed by atoms with Crippen molar-refractivity contribution in [3.63, 3.8) is 0 Å². The normalized spacial score (nSPS) is 13.9. The average Bonchev–Trinajstić information content (AvgIpc) is 3.92. The first-order valence-electron chi connectivity index (χ1n) is 21.3. The zero-order valence-corrected chi connectivity index (χ0v) is 34.2. The van der Waals surface area contributed by atoms with Crippen LogP contribution in [0.1, 0.15) is 0 Å². The number of hydrogen-bond donors (Lipinski definition) is 0. The fourth-order valence-corrected chi connectivity index (χ4v) is 12.4. The van der Waals surface area contributed by atoms with Crippen molar-refractivity contribution in [1.82, 2.24) is 0 Å². The summed E-state index contributed by atoms with van der Waals surface area (Å²) in [4.78, 5) is 9.94. The first kappa shape index (κ1) is 34.1. The molecule has 4 aliphatic rings. The summed E-state index contributed by atoms with van der Waals surface area (Å²) < 4.78 is 9.71. The smallest absolute Gasteiger partial charge is 0.269 e. The molecule has 4 aliphatic heterocycles. The van der Waals surface area contributed by atoms with Gasteiger partial charge in [0, 0.05) is 71.6 Å². The van der Waals surface area contributed by atoms with Gasteiger partial charge in [-0.1, -0.05) is 121 Å². The lowest BCUT2D eigenvalue weighted by Crippen LogP contribution is -2.60. The van der Waals surface area contributed by atoms with Gasteiger partial charge in [0.2, 0.25) is 5.88 Å². The minimum atomic E-state index is -0.0924. The van der Waals surface area contributed by atoms with Crippen LogP contribution < -0.4 is 51.0 Å². The second-order valence-corrected chi connectivity index (χ2v) is 17.5. The van der Waals surface area contributed by atoms with Crippen LogP contribution >= 0.6 is 11.3 Å². The van der Waals surface area contributed by atoms with Crippen LogP contribution in [0.2, 0.25) is 0 Å². The summed E-state index contributed by atoms with van der Waals surface area (Å²) in [5, 5.41) is 1.14. The van der Waals surface area contributed by atoms with Gasteiger partial charge >= 0.3 is 0 Å². The number of furan rings is 1. The average molecular weight is 809 g/mol. The van der Waals surface area contributed by atoms with Crippen LogP contribution in [0, 0.1) is 0 Å². The number of hydrogen-bond acceptors (Lipinski definition) is 6. The molecule has 0 radical (unpaired) electrons. The fraction of sp³-hybridized carbons (Fsp3) is 0. The van der Waals surface area contributed by atoms with Gasteiger partial charge in [-0.3, -0.25) is 4.90 Å². The summed E-state index contributed by atoms with van der Waals surface area (Å²) in [5.74, 6) is 0.879. The van der Waals surface area contributed by atoms with Gasteiger partial charge < -0.3 is 19.1 Å². The molecule has 5 nitrogen and oxygen atoms in total. The zero-order chi connectivity index (χ0) is 40.5. The van der Waals surface area contributed by atoms with E-state index >= 15 is 0 Å². The number of anilines is 12. The van der Waals surface area contributed by atoms with Crippen LogP contribution in [0.5, 0.6) is 0 Å². The molecule has 62 heavy (non-hydrogen) atoms. The number of benzene rings is 8. The van der Waals surface area contributed by atoms with E-state index in [2.05, 4.69) is 226 Å². The molecule has 0 atom stereocenters. The molecule has 6 heterocycles. The first-order chi connectivity index (χ1) is 30.8. The van der Waals surface area contributed by atoms with E-state index in [0.29, 0.717) is 0 Å². The third kappa shape index (κ3) is 4.54. The molecular formula is C54H34B2N4OS. The van der Waals surface area contributed by atoms with E-state index in [0.717, 1.165) is 45.3 Å². The van der Waals surface area contributed by atoms with Crippen LogP contribution in [0.15, 0.2) is 211 Å². The number of fused-ring (bicyclic) bond motifs is 11. The minimum Gasteiger partial charge on any atom is -0.440 e. The summed E-state index contributed by atoms with van der Waals surface area (Å²) in [6, 6.07) is 74.9. The highest BCUT2D eigenvalue weighted by Gasteiger charge is 2.52. The van der Waals surface area contributed by atoms with Gasteiger partial charge in [-0.25, -0.2) is 0 Å². The first-order valence-corrected chi connectivity index (χ1v) is 22.1. The Hall–Kier alpha value is -7.67. The second kappa shape index (κ2) is 12.9. The van der Waals surface area contributed by atoms with Crippen molar-refractivity contribution in [2.24, 2.45) is 0 Å². The number of nitrogens with zero attached hydrogens (tertiary/aromatic N) is 4. The Kier molecular flexibility index (Phi) is 7.10. The van der Waals surface area contributed by atoms with E-state index < -0.39 is 0 Å². The molecule has 0 unspecified atom stereocenters. The molecule has 14 rings (SSSR count). The fourth-order valence-electron chi connectivity index (χ4n) is 10.9. The highest BCUT2D eigenvalue weighted by molar-refractivity contribution is 7.39. The summed E-state index contributed by atoms with van der Waals surface area (Å²) in [5.41, 5.74) is 18.9. The maximum absolute atomic E-state index is 7.05. The number of thiophene rings is 1. The molecule has 8 aromatic carbocycles. The maximum atomic E-state index is 7.05. The Balaban J connectivity index is 1.13. The summed E-state index contributed by atoms with van der Waals surface area (Å²) in [6.07, 6.45) is 0. The van der Waals surface area contributed by atoms with E-state index in [-0.39, 0.29) is 13.4 Å². The molecule has 8 heteroatoms. The SMILES string of the molecule is c1ccc(N2c3ccccc3B3c4sc5c(c4N(c4ccccc4)c4cccc2c43)N(c2ccccc2)c2cccc3c2B5c2c(oc4ccccc24)N3c2ccccc2)cc1. The lowest BCUT2D eigenvalue weighted by Gasteiger charge is -2.45. The summed E-state index contributed by atoms with van der Waals surface area (Å²) >= 11 is 1.98. The Labute approximate surface area is 364 Å². The van der Waals surface area contributed by atoms with Crippen LogP contribution in [0.3, 0.4) is 0 Å². The molecule has 0 bridgehead atoms. The Morgan fingerprint density at radius 3 is 1.35 bits per heavy atom. The van der Waals surface area contributed by atoms with Crippen molar-refractivity contribution in [2.45, 2.75) is 0 Å². The third-order valence-corrected chi connectivity index (χ3v) is 14.5. The van der Waals surface area contributed by atoms with Gasteiger partial charge in [0.1, 0.15) is 5.58 Å². The Bertz CT molecular complexity index is 3410.